The number of rotatable bonds is 13. The Hall–Kier alpha value is -2.74. The molecule has 2 aromatic rings. The van der Waals surface area contributed by atoms with Crippen LogP contribution in [0, 0.1) is 16.7 Å². The third-order valence-corrected chi connectivity index (χ3v) is 5.57. The SMILES string of the molecule is CCCCCCc1cnc(-c2ccc(OC(=O)C(C)(C#N)CCCCCC)cc2)nc1. The van der Waals surface area contributed by atoms with Crippen LogP contribution >= 0.6 is 0 Å². The number of nitrogens with zero attached hydrogens (tertiary/aromatic N) is 3. The van der Waals surface area contributed by atoms with Crippen molar-refractivity contribution in [2.75, 3.05) is 0 Å². The Balaban J connectivity index is 1.93. The largest absolute Gasteiger partial charge is 0.425 e. The van der Waals surface area contributed by atoms with E-state index in [-0.39, 0.29) is 0 Å². The van der Waals surface area contributed by atoms with E-state index in [1.807, 2.05) is 24.5 Å². The Kier molecular flexibility index (Phi) is 10.2. The van der Waals surface area contributed by atoms with E-state index in [1.165, 1.54) is 19.3 Å². The molecule has 0 radical (unpaired) electrons. The standard InChI is InChI=1S/C26H35N3O2/c1-4-6-8-10-12-21-18-28-24(29-19-21)22-13-15-23(16-14-22)31-25(30)26(3,20-27)17-11-9-7-5-2/h13-16,18-19H,4-12,17H2,1-3H3. The summed E-state index contributed by atoms with van der Waals surface area (Å²) in [4.78, 5) is 21.5. The maximum Gasteiger partial charge on any atom is 0.331 e. The van der Waals surface area contributed by atoms with Gasteiger partial charge in [-0.25, -0.2) is 14.8 Å². The van der Waals surface area contributed by atoms with Crippen molar-refractivity contribution in [3.8, 4) is 23.2 Å². The fourth-order valence-corrected chi connectivity index (χ4v) is 3.39. The first kappa shape index (κ1) is 24.5. The van der Waals surface area contributed by atoms with Gasteiger partial charge in [-0.1, -0.05) is 58.8 Å². The van der Waals surface area contributed by atoms with E-state index >= 15 is 0 Å². The summed E-state index contributed by atoms with van der Waals surface area (Å²) >= 11 is 0. The Morgan fingerprint density at radius 1 is 0.968 bits per heavy atom. The highest BCUT2D eigenvalue weighted by Gasteiger charge is 2.35. The number of aryl methyl sites for hydroxylation is 1. The molecule has 1 heterocycles. The monoisotopic (exact) mass is 421 g/mol. The topological polar surface area (TPSA) is 75.9 Å². The predicted molar refractivity (Wildman–Crippen MR) is 123 cm³/mol. The number of esters is 1. The van der Waals surface area contributed by atoms with Gasteiger partial charge in [-0.2, -0.15) is 5.26 Å². The van der Waals surface area contributed by atoms with E-state index in [2.05, 4.69) is 29.9 Å². The van der Waals surface area contributed by atoms with Crippen LogP contribution in [0.15, 0.2) is 36.7 Å². The smallest absolute Gasteiger partial charge is 0.331 e. The molecule has 0 N–H and O–H groups in total. The lowest BCUT2D eigenvalue weighted by Crippen LogP contribution is -2.30. The second-order valence-electron chi connectivity index (χ2n) is 8.39. The molecule has 0 aliphatic carbocycles. The molecular weight excluding hydrogens is 386 g/mol. The molecule has 0 bridgehead atoms. The lowest BCUT2D eigenvalue weighted by molar-refractivity contribution is -0.142. The van der Waals surface area contributed by atoms with Gasteiger partial charge < -0.3 is 4.74 Å². The second-order valence-corrected chi connectivity index (χ2v) is 8.39. The highest BCUT2D eigenvalue weighted by Crippen LogP contribution is 2.28. The normalized spacial score (nSPS) is 12.7. The first-order valence-electron chi connectivity index (χ1n) is 11.6. The number of ether oxygens (including phenoxy) is 1. The van der Waals surface area contributed by atoms with Crippen molar-refractivity contribution in [1.29, 1.82) is 5.26 Å². The summed E-state index contributed by atoms with van der Waals surface area (Å²) in [6.45, 7) is 6.00. The quantitative estimate of drug-likeness (QED) is 0.205. The average molecular weight is 422 g/mol. The highest BCUT2D eigenvalue weighted by molar-refractivity contribution is 5.81. The van der Waals surface area contributed by atoms with E-state index in [0.29, 0.717) is 18.0 Å². The molecule has 5 heteroatoms. The molecule has 0 saturated heterocycles. The van der Waals surface area contributed by atoms with Crippen LogP contribution in [0.2, 0.25) is 0 Å². The number of nitriles is 1. The highest BCUT2D eigenvalue weighted by atomic mass is 16.5. The van der Waals surface area contributed by atoms with Crippen molar-refractivity contribution in [3.05, 3.63) is 42.2 Å². The van der Waals surface area contributed by atoms with E-state index in [9.17, 15) is 10.1 Å². The zero-order valence-corrected chi connectivity index (χ0v) is 19.2. The summed E-state index contributed by atoms with van der Waals surface area (Å²) in [7, 11) is 0. The fourth-order valence-electron chi connectivity index (χ4n) is 3.39. The molecule has 1 aromatic heterocycles. The van der Waals surface area contributed by atoms with E-state index in [4.69, 9.17) is 4.74 Å². The van der Waals surface area contributed by atoms with Gasteiger partial charge in [0, 0.05) is 18.0 Å². The maximum absolute atomic E-state index is 12.6. The van der Waals surface area contributed by atoms with Crippen LogP contribution in [-0.2, 0) is 11.2 Å². The number of benzene rings is 1. The molecule has 0 saturated carbocycles. The minimum atomic E-state index is -1.12. The lowest BCUT2D eigenvalue weighted by Gasteiger charge is -2.19. The van der Waals surface area contributed by atoms with Gasteiger partial charge in [0.15, 0.2) is 11.2 Å². The van der Waals surface area contributed by atoms with Crippen LogP contribution in [0.4, 0.5) is 0 Å². The van der Waals surface area contributed by atoms with Crippen molar-refractivity contribution in [2.24, 2.45) is 5.41 Å². The van der Waals surface area contributed by atoms with Crippen LogP contribution in [-0.4, -0.2) is 15.9 Å². The van der Waals surface area contributed by atoms with Crippen molar-refractivity contribution < 1.29 is 9.53 Å². The molecule has 2 rings (SSSR count). The number of carbonyl (C=O) groups is 1. The molecule has 0 aliphatic heterocycles. The first-order valence-corrected chi connectivity index (χ1v) is 11.6. The third-order valence-electron chi connectivity index (χ3n) is 5.57. The zero-order valence-electron chi connectivity index (χ0n) is 19.2. The molecule has 0 fully saturated rings. The van der Waals surface area contributed by atoms with E-state index < -0.39 is 11.4 Å². The summed E-state index contributed by atoms with van der Waals surface area (Å²) in [5, 5.41) is 9.52. The van der Waals surface area contributed by atoms with Crippen LogP contribution in [0.25, 0.3) is 11.4 Å². The average Bonchev–Trinajstić information content (AvgIpc) is 2.80. The molecule has 1 aromatic carbocycles. The summed E-state index contributed by atoms with van der Waals surface area (Å²) in [6.07, 6.45) is 14.3. The van der Waals surface area contributed by atoms with Gasteiger partial charge in [-0.15, -0.1) is 0 Å². The second kappa shape index (κ2) is 12.8. The first-order chi connectivity index (χ1) is 15.0. The van der Waals surface area contributed by atoms with Crippen molar-refractivity contribution in [1.82, 2.24) is 9.97 Å². The molecule has 1 unspecified atom stereocenters. The van der Waals surface area contributed by atoms with Gasteiger partial charge >= 0.3 is 5.97 Å². The van der Waals surface area contributed by atoms with Crippen molar-refractivity contribution in [2.45, 2.75) is 85.0 Å². The molecule has 0 amide bonds. The minimum absolute atomic E-state index is 0.427. The predicted octanol–water partition coefficient (Wildman–Crippen LogP) is 6.67. The maximum atomic E-state index is 12.6. The number of unbranched alkanes of at least 4 members (excludes halogenated alkanes) is 6. The Morgan fingerprint density at radius 3 is 2.16 bits per heavy atom. The van der Waals surface area contributed by atoms with Crippen LogP contribution in [0.1, 0.15) is 84.1 Å². The molecule has 31 heavy (non-hydrogen) atoms. The fraction of sp³-hybridized carbons (Fsp3) is 0.538. The summed E-state index contributed by atoms with van der Waals surface area (Å²) in [6, 6.07) is 9.27. The van der Waals surface area contributed by atoms with Crippen LogP contribution < -0.4 is 4.74 Å². The lowest BCUT2D eigenvalue weighted by atomic mass is 9.86. The van der Waals surface area contributed by atoms with E-state index in [0.717, 1.165) is 49.7 Å². The molecule has 166 valence electrons. The van der Waals surface area contributed by atoms with Gasteiger partial charge in [-0.3, -0.25) is 0 Å². The van der Waals surface area contributed by atoms with Crippen molar-refractivity contribution in [3.63, 3.8) is 0 Å². The molecule has 0 aliphatic rings. The number of carbonyl (C=O) groups excluding carboxylic acids is 1. The van der Waals surface area contributed by atoms with Gasteiger partial charge in [-0.05, 0) is 56.0 Å². The van der Waals surface area contributed by atoms with Gasteiger partial charge in [0.2, 0.25) is 0 Å². The summed E-state index contributed by atoms with van der Waals surface area (Å²) in [5.74, 6) is 0.576. The minimum Gasteiger partial charge on any atom is -0.425 e. The zero-order chi connectivity index (χ0) is 22.5. The summed E-state index contributed by atoms with van der Waals surface area (Å²) in [5.41, 5.74) is 0.891. The Labute approximate surface area is 186 Å². The third kappa shape index (κ3) is 7.79. The van der Waals surface area contributed by atoms with Gasteiger partial charge in [0.1, 0.15) is 5.75 Å². The van der Waals surface area contributed by atoms with Crippen LogP contribution in [0.3, 0.4) is 0 Å². The summed E-state index contributed by atoms with van der Waals surface area (Å²) < 4.78 is 5.50. The Bertz CT molecular complexity index is 840. The van der Waals surface area contributed by atoms with Crippen molar-refractivity contribution >= 4 is 5.97 Å². The van der Waals surface area contributed by atoms with Crippen LogP contribution in [0.5, 0.6) is 5.75 Å². The molecule has 5 nitrogen and oxygen atoms in total. The molecule has 0 spiro atoms. The van der Waals surface area contributed by atoms with E-state index in [1.54, 1.807) is 19.1 Å². The number of hydrogen-bond acceptors (Lipinski definition) is 5. The molecular formula is C26H35N3O2. The van der Waals surface area contributed by atoms with Gasteiger partial charge in [0.25, 0.3) is 0 Å². The Morgan fingerprint density at radius 2 is 1.58 bits per heavy atom. The number of hydrogen-bond donors (Lipinski definition) is 0. The van der Waals surface area contributed by atoms with Gasteiger partial charge in [0.05, 0.1) is 6.07 Å². The number of aromatic nitrogens is 2. The molecule has 1 atom stereocenters.